The SMILES string of the molecule is NNc1cc(N2CCOc3ccccc3C2)ccn1. The summed E-state index contributed by atoms with van der Waals surface area (Å²) in [5, 5.41) is 0. The van der Waals surface area contributed by atoms with Crippen LogP contribution in [0.2, 0.25) is 0 Å². The number of fused-ring (bicyclic) bond motifs is 1. The highest BCUT2D eigenvalue weighted by Gasteiger charge is 2.15. The Labute approximate surface area is 112 Å². The molecule has 0 radical (unpaired) electrons. The molecule has 2 aromatic rings. The van der Waals surface area contributed by atoms with Crippen molar-refractivity contribution >= 4 is 11.5 Å². The number of nitrogens with one attached hydrogen (secondary N) is 1. The van der Waals surface area contributed by atoms with Gasteiger partial charge in [0.05, 0.1) is 6.54 Å². The molecule has 3 N–H and O–H groups in total. The fourth-order valence-electron chi connectivity index (χ4n) is 2.24. The number of nitrogens with two attached hydrogens (primary N) is 1. The Morgan fingerprint density at radius 2 is 2.16 bits per heavy atom. The molecule has 5 nitrogen and oxygen atoms in total. The maximum Gasteiger partial charge on any atom is 0.141 e. The van der Waals surface area contributed by atoms with Crippen molar-refractivity contribution in [2.24, 2.45) is 5.84 Å². The van der Waals surface area contributed by atoms with E-state index in [2.05, 4.69) is 21.4 Å². The number of pyridine rings is 1. The van der Waals surface area contributed by atoms with E-state index in [1.807, 2.05) is 30.3 Å². The molecule has 0 bridgehead atoms. The predicted molar refractivity (Wildman–Crippen MR) is 75.0 cm³/mol. The summed E-state index contributed by atoms with van der Waals surface area (Å²) in [6, 6.07) is 12.1. The van der Waals surface area contributed by atoms with Crippen molar-refractivity contribution < 1.29 is 4.74 Å². The van der Waals surface area contributed by atoms with Gasteiger partial charge in [-0.05, 0) is 12.1 Å². The van der Waals surface area contributed by atoms with E-state index >= 15 is 0 Å². The zero-order valence-corrected chi connectivity index (χ0v) is 10.5. The van der Waals surface area contributed by atoms with Gasteiger partial charge in [0.1, 0.15) is 18.2 Å². The van der Waals surface area contributed by atoms with E-state index < -0.39 is 0 Å². The van der Waals surface area contributed by atoms with Gasteiger partial charge in [-0.15, -0.1) is 0 Å². The Morgan fingerprint density at radius 1 is 1.26 bits per heavy atom. The molecule has 0 saturated heterocycles. The van der Waals surface area contributed by atoms with Gasteiger partial charge in [0, 0.05) is 30.1 Å². The number of aromatic nitrogens is 1. The number of benzene rings is 1. The monoisotopic (exact) mass is 256 g/mol. The quantitative estimate of drug-likeness (QED) is 0.633. The van der Waals surface area contributed by atoms with Crippen LogP contribution in [0.5, 0.6) is 5.75 Å². The summed E-state index contributed by atoms with van der Waals surface area (Å²) in [7, 11) is 0. The fraction of sp³-hybridized carbons (Fsp3) is 0.214. The first kappa shape index (κ1) is 11.8. The van der Waals surface area contributed by atoms with Gasteiger partial charge in [-0.2, -0.15) is 0 Å². The van der Waals surface area contributed by atoms with Gasteiger partial charge in [0.25, 0.3) is 0 Å². The number of para-hydroxylation sites is 1. The van der Waals surface area contributed by atoms with Gasteiger partial charge in [0.2, 0.25) is 0 Å². The van der Waals surface area contributed by atoms with Crippen LogP contribution in [0.3, 0.4) is 0 Å². The van der Waals surface area contributed by atoms with E-state index in [1.165, 1.54) is 5.56 Å². The molecule has 5 heteroatoms. The van der Waals surface area contributed by atoms with Crippen LogP contribution in [-0.4, -0.2) is 18.1 Å². The Morgan fingerprint density at radius 3 is 3.05 bits per heavy atom. The minimum atomic E-state index is 0.663. The lowest BCUT2D eigenvalue weighted by atomic mass is 10.2. The average Bonchev–Trinajstić information content (AvgIpc) is 2.69. The van der Waals surface area contributed by atoms with Crippen LogP contribution in [0.15, 0.2) is 42.6 Å². The number of nitrogen functional groups attached to an aromatic ring is 1. The summed E-state index contributed by atoms with van der Waals surface area (Å²) in [5.41, 5.74) is 4.85. The topological polar surface area (TPSA) is 63.4 Å². The highest BCUT2D eigenvalue weighted by molar-refractivity contribution is 5.54. The second-order valence-electron chi connectivity index (χ2n) is 4.42. The van der Waals surface area contributed by atoms with E-state index in [0.717, 1.165) is 24.5 Å². The molecule has 3 rings (SSSR count). The molecule has 0 atom stereocenters. The summed E-state index contributed by atoms with van der Waals surface area (Å²) in [4.78, 5) is 6.38. The Hall–Kier alpha value is -2.27. The minimum absolute atomic E-state index is 0.663. The largest absolute Gasteiger partial charge is 0.491 e. The van der Waals surface area contributed by atoms with E-state index in [0.29, 0.717) is 12.4 Å². The van der Waals surface area contributed by atoms with Crippen molar-refractivity contribution in [1.82, 2.24) is 4.98 Å². The van der Waals surface area contributed by atoms with Gasteiger partial charge in [0.15, 0.2) is 0 Å². The fourth-order valence-corrected chi connectivity index (χ4v) is 2.24. The van der Waals surface area contributed by atoms with Crippen molar-refractivity contribution in [2.45, 2.75) is 6.54 Å². The number of anilines is 2. The molecule has 0 spiro atoms. The molecule has 0 saturated carbocycles. The minimum Gasteiger partial charge on any atom is -0.491 e. The first-order chi connectivity index (χ1) is 9.36. The molecular weight excluding hydrogens is 240 g/mol. The Balaban J connectivity index is 1.89. The highest BCUT2D eigenvalue weighted by atomic mass is 16.5. The molecule has 0 amide bonds. The first-order valence-electron chi connectivity index (χ1n) is 6.25. The standard InChI is InChI=1S/C14H16N4O/c15-17-14-9-12(5-6-16-14)18-7-8-19-13-4-2-1-3-11(13)10-18/h1-6,9H,7-8,10,15H2,(H,16,17). The van der Waals surface area contributed by atoms with Gasteiger partial charge >= 0.3 is 0 Å². The lowest BCUT2D eigenvalue weighted by Crippen LogP contribution is -2.25. The molecule has 0 fully saturated rings. The summed E-state index contributed by atoms with van der Waals surface area (Å²) >= 11 is 0. The number of hydrogen-bond acceptors (Lipinski definition) is 5. The number of nitrogens with zero attached hydrogens (tertiary/aromatic N) is 2. The maximum atomic E-state index is 5.76. The van der Waals surface area contributed by atoms with Gasteiger partial charge < -0.3 is 15.1 Å². The number of rotatable bonds is 2. The molecule has 1 aromatic carbocycles. The summed E-state index contributed by atoms with van der Waals surface area (Å²) in [5.74, 6) is 7.03. The molecular formula is C14H16N4O. The zero-order chi connectivity index (χ0) is 13.1. The summed E-state index contributed by atoms with van der Waals surface area (Å²) < 4.78 is 5.76. The van der Waals surface area contributed by atoms with Crippen molar-refractivity contribution in [2.75, 3.05) is 23.5 Å². The molecule has 1 aliphatic heterocycles. The molecule has 1 aliphatic rings. The molecule has 98 valence electrons. The first-order valence-corrected chi connectivity index (χ1v) is 6.25. The molecule has 0 unspecified atom stereocenters. The van der Waals surface area contributed by atoms with Crippen LogP contribution in [0.1, 0.15) is 5.56 Å². The van der Waals surface area contributed by atoms with Crippen LogP contribution in [-0.2, 0) is 6.54 Å². The molecule has 0 aliphatic carbocycles. The van der Waals surface area contributed by atoms with E-state index in [-0.39, 0.29) is 0 Å². The van der Waals surface area contributed by atoms with Crippen LogP contribution in [0, 0.1) is 0 Å². The second kappa shape index (κ2) is 5.16. The van der Waals surface area contributed by atoms with E-state index in [9.17, 15) is 0 Å². The van der Waals surface area contributed by atoms with Crippen LogP contribution in [0.25, 0.3) is 0 Å². The van der Waals surface area contributed by atoms with Gasteiger partial charge in [-0.3, -0.25) is 0 Å². The third-order valence-corrected chi connectivity index (χ3v) is 3.21. The van der Waals surface area contributed by atoms with Crippen LogP contribution in [0.4, 0.5) is 11.5 Å². The molecule has 2 heterocycles. The third-order valence-electron chi connectivity index (χ3n) is 3.21. The molecule has 1 aromatic heterocycles. The summed E-state index contributed by atoms with van der Waals surface area (Å²) in [6.07, 6.45) is 1.75. The summed E-state index contributed by atoms with van der Waals surface area (Å²) in [6.45, 7) is 2.33. The molecule has 19 heavy (non-hydrogen) atoms. The predicted octanol–water partition coefficient (Wildman–Crippen LogP) is 1.77. The number of hydrogen-bond donors (Lipinski definition) is 2. The average molecular weight is 256 g/mol. The highest BCUT2D eigenvalue weighted by Crippen LogP contribution is 2.26. The maximum absolute atomic E-state index is 5.76. The van der Waals surface area contributed by atoms with E-state index in [4.69, 9.17) is 10.6 Å². The van der Waals surface area contributed by atoms with Gasteiger partial charge in [-0.25, -0.2) is 10.8 Å². The van der Waals surface area contributed by atoms with Crippen LogP contribution < -0.4 is 20.9 Å². The van der Waals surface area contributed by atoms with Crippen LogP contribution >= 0.6 is 0 Å². The van der Waals surface area contributed by atoms with E-state index in [1.54, 1.807) is 6.20 Å². The second-order valence-corrected chi connectivity index (χ2v) is 4.42. The smallest absolute Gasteiger partial charge is 0.141 e. The lowest BCUT2D eigenvalue weighted by molar-refractivity contribution is 0.331. The Kier molecular flexibility index (Phi) is 3.20. The van der Waals surface area contributed by atoms with Gasteiger partial charge in [-0.1, -0.05) is 18.2 Å². The zero-order valence-electron chi connectivity index (χ0n) is 10.5. The van der Waals surface area contributed by atoms with Crippen molar-refractivity contribution in [3.05, 3.63) is 48.2 Å². The normalized spacial score (nSPS) is 14.3. The van der Waals surface area contributed by atoms with Crippen molar-refractivity contribution in [3.63, 3.8) is 0 Å². The Bertz CT molecular complexity index is 573. The van der Waals surface area contributed by atoms with Crippen molar-refractivity contribution in [1.29, 1.82) is 0 Å². The van der Waals surface area contributed by atoms with Crippen molar-refractivity contribution in [3.8, 4) is 5.75 Å². The number of ether oxygens (including phenoxy) is 1. The lowest BCUT2D eigenvalue weighted by Gasteiger charge is -2.22. The third kappa shape index (κ3) is 2.46. The number of hydrazine groups is 1.